The van der Waals surface area contributed by atoms with Crippen molar-refractivity contribution in [3.63, 3.8) is 0 Å². The summed E-state index contributed by atoms with van der Waals surface area (Å²) in [5, 5.41) is 2.33. The zero-order valence-corrected chi connectivity index (χ0v) is 10.3. The minimum atomic E-state index is -4.51. The van der Waals surface area contributed by atoms with E-state index in [4.69, 9.17) is 11.6 Å². The van der Waals surface area contributed by atoms with E-state index < -0.39 is 23.8 Å². The number of methoxy groups -OCH3 is 1. The molecule has 1 rings (SSSR count). The highest BCUT2D eigenvalue weighted by molar-refractivity contribution is 6.33. The summed E-state index contributed by atoms with van der Waals surface area (Å²) in [5.74, 6) is -0.588. The second-order valence-electron chi connectivity index (χ2n) is 3.44. The van der Waals surface area contributed by atoms with Crippen LogP contribution in [0, 0.1) is 0 Å². The number of ether oxygens (including phenoxy) is 1. The number of nitrogens with zero attached hydrogens (tertiary/aromatic N) is 1. The summed E-state index contributed by atoms with van der Waals surface area (Å²) < 4.78 is 41.5. The second-order valence-corrected chi connectivity index (χ2v) is 3.85. The van der Waals surface area contributed by atoms with E-state index in [1.165, 1.54) is 14.0 Å². The number of nitrogens with one attached hydrogen (secondary N) is 1. The predicted octanol–water partition coefficient (Wildman–Crippen LogP) is 2.73. The molecule has 0 aliphatic rings. The van der Waals surface area contributed by atoms with Gasteiger partial charge in [-0.25, -0.2) is 9.78 Å². The first-order valence-corrected chi connectivity index (χ1v) is 5.20. The Kier molecular flexibility index (Phi) is 4.39. The van der Waals surface area contributed by atoms with Crippen LogP contribution in [0.5, 0.6) is 0 Å². The normalized spacial score (nSPS) is 13.0. The fourth-order valence-electron chi connectivity index (χ4n) is 1.14. The first kappa shape index (κ1) is 14.6. The molecule has 0 amide bonds. The van der Waals surface area contributed by atoms with Crippen molar-refractivity contribution in [2.45, 2.75) is 19.1 Å². The van der Waals surface area contributed by atoms with E-state index in [1.54, 1.807) is 0 Å². The van der Waals surface area contributed by atoms with E-state index >= 15 is 0 Å². The van der Waals surface area contributed by atoms with Gasteiger partial charge < -0.3 is 10.1 Å². The van der Waals surface area contributed by atoms with Crippen molar-refractivity contribution in [3.8, 4) is 0 Å². The maximum Gasteiger partial charge on any atom is 0.417 e. The third-order valence-corrected chi connectivity index (χ3v) is 2.36. The maximum absolute atomic E-state index is 12.4. The lowest BCUT2D eigenvalue weighted by atomic mass is 10.2. The largest absolute Gasteiger partial charge is 0.467 e. The van der Waals surface area contributed by atoms with Crippen molar-refractivity contribution >= 4 is 23.4 Å². The number of pyridine rings is 1. The molecule has 0 aliphatic heterocycles. The molecule has 0 spiro atoms. The van der Waals surface area contributed by atoms with Gasteiger partial charge in [0.15, 0.2) is 0 Å². The van der Waals surface area contributed by atoms with Crippen molar-refractivity contribution in [2.24, 2.45) is 0 Å². The molecule has 1 atom stereocenters. The summed E-state index contributed by atoms with van der Waals surface area (Å²) >= 11 is 5.65. The highest BCUT2D eigenvalue weighted by Gasteiger charge is 2.31. The Morgan fingerprint density at radius 3 is 2.61 bits per heavy atom. The second kappa shape index (κ2) is 5.43. The molecule has 1 aromatic rings. The molecule has 100 valence electrons. The van der Waals surface area contributed by atoms with Crippen LogP contribution >= 0.6 is 11.6 Å². The van der Waals surface area contributed by atoms with Gasteiger partial charge in [-0.05, 0) is 13.0 Å². The van der Waals surface area contributed by atoms with Gasteiger partial charge in [0.2, 0.25) is 0 Å². The number of halogens is 4. The van der Waals surface area contributed by atoms with Gasteiger partial charge in [-0.3, -0.25) is 0 Å². The van der Waals surface area contributed by atoms with E-state index in [2.05, 4.69) is 15.0 Å². The quantitative estimate of drug-likeness (QED) is 0.866. The Balaban J connectivity index is 2.90. The van der Waals surface area contributed by atoms with Crippen LogP contribution in [0.1, 0.15) is 12.5 Å². The summed E-state index contributed by atoms with van der Waals surface area (Å²) in [6, 6.07) is -0.0299. The minimum absolute atomic E-state index is 0.0115. The molecule has 1 unspecified atom stereocenters. The monoisotopic (exact) mass is 282 g/mol. The Morgan fingerprint density at radius 1 is 1.56 bits per heavy atom. The summed E-state index contributed by atoms with van der Waals surface area (Å²) in [7, 11) is 1.20. The van der Waals surface area contributed by atoms with Crippen LogP contribution in [0.25, 0.3) is 0 Å². The van der Waals surface area contributed by atoms with Crippen LogP contribution in [-0.4, -0.2) is 24.1 Å². The third-order valence-electron chi connectivity index (χ3n) is 2.08. The maximum atomic E-state index is 12.4. The van der Waals surface area contributed by atoms with E-state index in [1.807, 2.05) is 0 Å². The average Bonchev–Trinajstić information content (AvgIpc) is 2.29. The van der Waals surface area contributed by atoms with Gasteiger partial charge in [-0.1, -0.05) is 11.6 Å². The van der Waals surface area contributed by atoms with Crippen LogP contribution in [0.4, 0.5) is 19.0 Å². The number of alkyl halides is 3. The fourth-order valence-corrected chi connectivity index (χ4v) is 1.36. The molecule has 0 aliphatic carbocycles. The Bertz CT molecular complexity index is 451. The van der Waals surface area contributed by atoms with Crippen LogP contribution < -0.4 is 5.32 Å². The number of carbonyl (C=O) groups excluding carboxylic acids is 1. The fraction of sp³-hybridized carbons (Fsp3) is 0.400. The zero-order chi connectivity index (χ0) is 13.9. The lowest BCUT2D eigenvalue weighted by Gasteiger charge is -2.14. The molecule has 0 aromatic carbocycles. The van der Waals surface area contributed by atoms with E-state index in [-0.39, 0.29) is 10.8 Å². The Labute approximate surface area is 106 Å². The van der Waals surface area contributed by atoms with Gasteiger partial charge in [0, 0.05) is 6.20 Å². The highest BCUT2D eigenvalue weighted by Crippen LogP contribution is 2.32. The van der Waals surface area contributed by atoms with Crippen molar-refractivity contribution in [2.75, 3.05) is 12.4 Å². The summed E-state index contributed by atoms with van der Waals surface area (Å²) in [5.41, 5.74) is -0.955. The zero-order valence-electron chi connectivity index (χ0n) is 9.51. The first-order chi connectivity index (χ1) is 8.25. The predicted molar refractivity (Wildman–Crippen MR) is 59.3 cm³/mol. The molecule has 1 N–H and O–H groups in total. The molecule has 4 nitrogen and oxygen atoms in total. The van der Waals surface area contributed by atoms with Gasteiger partial charge in [-0.15, -0.1) is 0 Å². The van der Waals surface area contributed by atoms with Gasteiger partial charge in [0.25, 0.3) is 0 Å². The molecule has 0 saturated carbocycles. The molecular weight excluding hydrogens is 273 g/mol. The number of carbonyl (C=O) groups is 1. The molecule has 8 heteroatoms. The number of anilines is 1. The van der Waals surface area contributed by atoms with Crippen molar-refractivity contribution in [1.29, 1.82) is 0 Å². The van der Waals surface area contributed by atoms with E-state index in [0.29, 0.717) is 6.20 Å². The van der Waals surface area contributed by atoms with Crippen molar-refractivity contribution in [1.82, 2.24) is 4.98 Å². The Morgan fingerprint density at radius 2 is 2.17 bits per heavy atom. The third kappa shape index (κ3) is 3.49. The number of rotatable bonds is 3. The lowest BCUT2D eigenvalue weighted by molar-refractivity contribution is -0.141. The number of esters is 1. The number of hydrogen-bond donors (Lipinski definition) is 1. The Hall–Kier alpha value is -1.50. The van der Waals surface area contributed by atoms with Crippen LogP contribution in [0.2, 0.25) is 5.02 Å². The SMILES string of the molecule is COC(=O)C(C)Nc1ncc(C(F)(F)F)cc1Cl. The molecule has 1 aromatic heterocycles. The smallest absolute Gasteiger partial charge is 0.417 e. The van der Waals surface area contributed by atoms with E-state index in [9.17, 15) is 18.0 Å². The molecule has 1 heterocycles. The molecule has 0 saturated heterocycles. The van der Waals surface area contributed by atoms with Crippen molar-refractivity contribution in [3.05, 3.63) is 22.8 Å². The minimum Gasteiger partial charge on any atom is -0.467 e. The lowest BCUT2D eigenvalue weighted by Crippen LogP contribution is -2.27. The summed E-state index contributed by atoms with van der Waals surface area (Å²) in [6.07, 6.45) is -3.87. The van der Waals surface area contributed by atoms with Gasteiger partial charge in [0.1, 0.15) is 11.9 Å². The van der Waals surface area contributed by atoms with Crippen molar-refractivity contribution < 1.29 is 22.7 Å². The molecular formula is C10H10ClF3N2O2. The topological polar surface area (TPSA) is 51.2 Å². The van der Waals surface area contributed by atoms with Crippen LogP contribution in [-0.2, 0) is 15.7 Å². The molecule has 18 heavy (non-hydrogen) atoms. The first-order valence-electron chi connectivity index (χ1n) is 4.82. The van der Waals surface area contributed by atoms with E-state index in [0.717, 1.165) is 6.07 Å². The highest BCUT2D eigenvalue weighted by atomic mass is 35.5. The average molecular weight is 283 g/mol. The molecule has 0 bridgehead atoms. The van der Waals surface area contributed by atoms with Gasteiger partial charge in [-0.2, -0.15) is 13.2 Å². The van der Waals surface area contributed by atoms with Crippen LogP contribution in [0.3, 0.4) is 0 Å². The summed E-state index contributed by atoms with van der Waals surface area (Å²) in [6.45, 7) is 1.47. The van der Waals surface area contributed by atoms with Gasteiger partial charge in [0.05, 0.1) is 17.7 Å². The standard InChI is InChI=1S/C10H10ClF3N2O2/c1-5(9(17)18-2)16-8-7(11)3-6(4-15-8)10(12,13)14/h3-5H,1-2H3,(H,15,16). The summed E-state index contributed by atoms with van der Waals surface area (Å²) in [4.78, 5) is 14.6. The molecule has 0 radical (unpaired) electrons. The number of aromatic nitrogens is 1. The number of hydrogen-bond acceptors (Lipinski definition) is 4. The molecule has 0 fully saturated rings. The van der Waals surface area contributed by atoms with Gasteiger partial charge >= 0.3 is 12.1 Å². The van der Waals surface area contributed by atoms with Crippen LogP contribution in [0.15, 0.2) is 12.3 Å².